The highest BCUT2D eigenvalue weighted by atomic mass is 32.1. The molecule has 1 N–H and O–H groups in total. The maximum absolute atomic E-state index is 10.9. The average Bonchev–Trinajstić information content (AvgIpc) is 3.12. The summed E-state index contributed by atoms with van der Waals surface area (Å²) in [7, 11) is 0. The molecule has 0 aliphatic carbocycles. The zero-order valence-electron chi connectivity index (χ0n) is 12.8. The minimum atomic E-state index is -0.374. The van der Waals surface area contributed by atoms with Gasteiger partial charge in [0.25, 0.3) is 5.69 Å². The Hall–Kier alpha value is -2.73. The van der Waals surface area contributed by atoms with Crippen molar-refractivity contribution in [1.82, 2.24) is 9.55 Å². The number of nitrogens with zero attached hydrogens (tertiary/aromatic N) is 2. The normalized spacial score (nSPS) is 11.4. The van der Waals surface area contributed by atoms with Crippen molar-refractivity contribution in [3.8, 4) is 0 Å². The Morgan fingerprint density at radius 1 is 1.17 bits per heavy atom. The van der Waals surface area contributed by atoms with E-state index in [0.29, 0.717) is 0 Å². The molecule has 2 heterocycles. The number of benzene rings is 2. The van der Waals surface area contributed by atoms with E-state index in [1.165, 1.54) is 17.0 Å². The summed E-state index contributed by atoms with van der Waals surface area (Å²) in [4.78, 5) is 13.8. The number of hydrogen-bond acceptors (Lipinski definition) is 3. The third-order valence-electron chi connectivity index (χ3n) is 4.35. The Kier molecular flexibility index (Phi) is 3.54. The standard InChI is InChI=1S/C18H15N3O2S/c22-21(23)14-5-6-17-13(9-14)10-18(24)20(17)8-7-12-11-19-16-4-2-1-3-15(12)16/h1-6,9-11,19,24H,7-8H2. The van der Waals surface area contributed by atoms with Gasteiger partial charge in [-0.15, -0.1) is 12.6 Å². The average molecular weight is 337 g/mol. The zero-order chi connectivity index (χ0) is 16.7. The van der Waals surface area contributed by atoms with Gasteiger partial charge < -0.3 is 9.55 Å². The van der Waals surface area contributed by atoms with Crippen LogP contribution in [0.15, 0.2) is 59.8 Å². The van der Waals surface area contributed by atoms with E-state index in [1.54, 1.807) is 12.1 Å². The van der Waals surface area contributed by atoms with Crippen LogP contribution in [0.25, 0.3) is 21.8 Å². The van der Waals surface area contributed by atoms with Crippen LogP contribution in [0.3, 0.4) is 0 Å². The summed E-state index contributed by atoms with van der Waals surface area (Å²) < 4.78 is 2.09. The van der Waals surface area contributed by atoms with Crippen LogP contribution in [0.5, 0.6) is 0 Å². The molecule has 4 rings (SSSR count). The summed E-state index contributed by atoms with van der Waals surface area (Å²) in [6.45, 7) is 0.766. The molecule has 2 aromatic heterocycles. The molecule has 0 bridgehead atoms. The van der Waals surface area contributed by atoms with Crippen LogP contribution in [0.2, 0.25) is 0 Å². The van der Waals surface area contributed by atoms with Crippen LogP contribution in [0, 0.1) is 10.1 Å². The van der Waals surface area contributed by atoms with Gasteiger partial charge in [0.05, 0.1) is 9.95 Å². The van der Waals surface area contributed by atoms with E-state index in [0.717, 1.165) is 34.4 Å². The van der Waals surface area contributed by atoms with Crippen LogP contribution in [-0.2, 0) is 13.0 Å². The van der Waals surface area contributed by atoms with Crippen molar-refractivity contribution in [3.63, 3.8) is 0 Å². The molecule has 120 valence electrons. The zero-order valence-corrected chi connectivity index (χ0v) is 13.7. The maximum Gasteiger partial charge on any atom is 0.270 e. The van der Waals surface area contributed by atoms with E-state index >= 15 is 0 Å². The van der Waals surface area contributed by atoms with Gasteiger partial charge in [0.15, 0.2) is 0 Å². The van der Waals surface area contributed by atoms with Crippen LogP contribution in [0.1, 0.15) is 5.56 Å². The number of para-hydroxylation sites is 1. The molecule has 0 spiro atoms. The molecule has 0 saturated carbocycles. The monoisotopic (exact) mass is 337 g/mol. The van der Waals surface area contributed by atoms with Gasteiger partial charge in [-0.25, -0.2) is 0 Å². The van der Waals surface area contributed by atoms with Gasteiger partial charge in [-0.05, 0) is 30.2 Å². The van der Waals surface area contributed by atoms with Gasteiger partial charge in [0, 0.05) is 46.7 Å². The molecule has 0 unspecified atom stereocenters. The van der Waals surface area contributed by atoms with Gasteiger partial charge >= 0.3 is 0 Å². The first-order valence-corrected chi connectivity index (χ1v) is 8.10. The first-order chi connectivity index (χ1) is 11.6. The number of fused-ring (bicyclic) bond motifs is 2. The molecule has 0 atom stereocenters. The van der Waals surface area contributed by atoms with Gasteiger partial charge in [-0.2, -0.15) is 0 Å². The van der Waals surface area contributed by atoms with E-state index < -0.39 is 0 Å². The van der Waals surface area contributed by atoms with E-state index in [9.17, 15) is 10.1 Å². The van der Waals surface area contributed by atoms with Crippen LogP contribution < -0.4 is 0 Å². The molecule has 6 heteroatoms. The third-order valence-corrected chi connectivity index (χ3v) is 4.72. The third kappa shape index (κ3) is 2.45. The molecule has 0 aliphatic heterocycles. The highest BCUT2D eigenvalue weighted by Gasteiger charge is 2.12. The number of aryl methyl sites for hydroxylation is 2. The molecule has 0 fully saturated rings. The van der Waals surface area contributed by atoms with Crippen molar-refractivity contribution in [2.75, 3.05) is 0 Å². The molecular weight excluding hydrogens is 322 g/mol. The van der Waals surface area contributed by atoms with Crippen molar-refractivity contribution in [1.29, 1.82) is 0 Å². The van der Waals surface area contributed by atoms with Gasteiger partial charge in [0.2, 0.25) is 0 Å². The lowest BCUT2D eigenvalue weighted by atomic mass is 10.1. The summed E-state index contributed by atoms with van der Waals surface area (Å²) in [6.07, 6.45) is 2.90. The number of hydrogen-bond donors (Lipinski definition) is 2. The van der Waals surface area contributed by atoms with Gasteiger partial charge in [0.1, 0.15) is 0 Å². The number of nitro groups is 1. The van der Waals surface area contributed by atoms with Crippen LogP contribution >= 0.6 is 12.6 Å². The lowest BCUT2D eigenvalue weighted by molar-refractivity contribution is -0.384. The smallest absolute Gasteiger partial charge is 0.270 e. The van der Waals surface area contributed by atoms with Gasteiger partial charge in [-0.3, -0.25) is 10.1 Å². The first-order valence-electron chi connectivity index (χ1n) is 7.65. The molecule has 0 radical (unpaired) electrons. The van der Waals surface area contributed by atoms with Crippen LogP contribution in [-0.4, -0.2) is 14.5 Å². The highest BCUT2D eigenvalue weighted by molar-refractivity contribution is 7.80. The van der Waals surface area contributed by atoms with Gasteiger partial charge in [-0.1, -0.05) is 18.2 Å². The Balaban J connectivity index is 1.67. The quantitative estimate of drug-likeness (QED) is 0.326. The Labute approximate surface area is 143 Å². The fourth-order valence-corrected chi connectivity index (χ4v) is 3.51. The minimum Gasteiger partial charge on any atom is -0.361 e. The van der Waals surface area contributed by atoms with E-state index in [2.05, 4.69) is 34.3 Å². The lowest BCUT2D eigenvalue weighted by Crippen LogP contribution is -2.01. The van der Waals surface area contributed by atoms with Crippen molar-refractivity contribution in [3.05, 3.63) is 70.4 Å². The second-order valence-electron chi connectivity index (χ2n) is 5.76. The number of aromatic nitrogens is 2. The predicted octanol–water partition coefficient (Wildman–Crippen LogP) is 4.56. The Bertz CT molecular complexity index is 1060. The molecule has 0 amide bonds. The number of thiol groups is 1. The summed E-state index contributed by atoms with van der Waals surface area (Å²) in [5.41, 5.74) is 3.45. The fourth-order valence-electron chi connectivity index (χ4n) is 3.16. The highest BCUT2D eigenvalue weighted by Crippen LogP contribution is 2.27. The summed E-state index contributed by atoms with van der Waals surface area (Å²) in [5.74, 6) is 0. The topological polar surface area (TPSA) is 63.9 Å². The summed E-state index contributed by atoms with van der Waals surface area (Å²) >= 11 is 4.53. The number of non-ortho nitro benzene ring substituents is 1. The number of rotatable bonds is 4. The maximum atomic E-state index is 10.9. The Morgan fingerprint density at radius 2 is 2.00 bits per heavy atom. The van der Waals surface area contributed by atoms with Crippen molar-refractivity contribution < 1.29 is 4.92 Å². The molecule has 24 heavy (non-hydrogen) atoms. The predicted molar refractivity (Wildman–Crippen MR) is 97.8 cm³/mol. The number of aromatic amines is 1. The largest absolute Gasteiger partial charge is 0.361 e. The molecule has 5 nitrogen and oxygen atoms in total. The minimum absolute atomic E-state index is 0.101. The SMILES string of the molecule is O=[N+]([O-])c1ccc2c(c1)cc(S)n2CCc1c[nH]c2ccccc12. The van der Waals surface area contributed by atoms with E-state index in [-0.39, 0.29) is 10.6 Å². The summed E-state index contributed by atoms with van der Waals surface area (Å²) in [5, 5.41) is 13.8. The fraction of sp³-hybridized carbons (Fsp3) is 0.111. The second-order valence-corrected chi connectivity index (χ2v) is 6.22. The second kappa shape index (κ2) is 5.72. The van der Waals surface area contributed by atoms with E-state index in [4.69, 9.17) is 0 Å². The van der Waals surface area contributed by atoms with Crippen LogP contribution in [0.4, 0.5) is 5.69 Å². The first kappa shape index (κ1) is 14.8. The van der Waals surface area contributed by atoms with Crippen molar-refractivity contribution in [2.24, 2.45) is 0 Å². The van der Waals surface area contributed by atoms with Crippen molar-refractivity contribution >= 4 is 40.1 Å². The Morgan fingerprint density at radius 3 is 2.83 bits per heavy atom. The molecular formula is C18H15N3O2S. The van der Waals surface area contributed by atoms with Crippen molar-refractivity contribution in [2.45, 2.75) is 18.0 Å². The summed E-state index contributed by atoms with van der Waals surface area (Å²) in [6, 6.07) is 15.0. The molecule has 0 saturated heterocycles. The number of nitrogens with one attached hydrogen (secondary N) is 1. The molecule has 2 aromatic carbocycles. The molecule has 4 aromatic rings. The van der Waals surface area contributed by atoms with E-state index in [1.807, 2.05) is 24.4 Å². The number of nitro benzene ring substituents is 1. The lowest BCUT2D eigenvalue weighted by Gasteiger charge is -2.07. The number of H-pyrrole nitrogens is 1. The molecule has 0 aliphatic rings.